The summed E-state index contributed by atoms with van der Waals surface area (Å²) in [7, 11) is 2.16. The third-order valence-electron chi connectivity index (χ3n) is 5.75. The predicted octanol–water partition coefficient (Wildman–Crippen LogP) is 2.10. The number of benzene rings is 1. The number of hydrogen-bond donors (Lipinski definition) is 1. The highest BCUT2D eigenvalue weighted by Crippen LogP contribution is 2.36. The lowest BCUT2D eigenvalue weighted by atomic mass is 10.0. The highest BCUT2D eigenvalue weighted by Gasteiger charge is 2.40. The van der Waals surface area contributed by atoms with E-state index in [0.29, 0.717) is 23.0 Å². The molecule has 1 aromatic rings. The van der Waals surface area contributed by atoms with E-state index in [9.17, 15) is 9.59 Å². The molecule has 1 N–H and O–H groups in total. The first-order chi connectivity index (χ1) is 12.1. The number of nitrogens with zero attached hydrogens (tertiary/aromatic N) is 2. The summed E-state index contributed by atoms with van der Waals surface area (Å²) in [5, 5.41) is 2.83. The molecule has 134 valence electrons. The van der Waals surface area contributed by atoms with Crippen LogP contribution in [0.1, 0.15) is 43.0 Å². The Morgan fingerprint density at radius 1 is 1.20 bits per heavy atom. The summed E-state index contributed by atoms with van der Waals surface area (Å²) in [5.74, 6) is 0.344. The van der Waals surface area contributed by atoms with Crippen LogP contribution in [0.4, 0.5) is 5.69 Å². The van der Waals surface area contributed by atoms with Gasteiger partial charge in [-0.2, -0.15) is 0 Å². The molecule has 2 amide bonds. The molecule has 6 heteroatoms. The van der Waals surface area contributed by atoms with Gasteiger partial charge < -0.3 is 19.9 Å². The van der Waals surface area contributed by atoms with Crippen LogP contribution in [0, 0.1) is 0 Å². The maximum atomic E-state index is 13.3. The van der Waals surface area contributed by atoms with E-state index in [2.05, 4.69) is 17.3 Å². The number of anilines is 1. The quantitative estimate of drug-likeness (QED) is 0.893. The second kappa shape index (κ2) is 6.33. The van der Waals surface area contributed by atoms with Crippen molar-refractivity contribution in [2.24, 2.45) is 0 Å². The molecule has 0 aromatic heterocycles. The van der Waals surface area contributed by atoms with Crippen molar-refractivity contribution >= 4 is 17.5 Å². The molecule has 4 rings (SSSR count). The molecule has 25 heavy (non-hydrogen) atoms. The molecule has 3 aliphatic heterocycles. The fraction of sp³-hybridized carbons (Fsp3) is 0.579. The summed E-state index contributed by atoms with van der Waals surface area (Å²) >= 11 is 0. The van der Waals surface area contributed by atoms with Gasteiger partial charge in [-0.25, -0.2) is 0 Å². The molecule has 2 saturated heterocycles. The lowest BCUT2D eigenvalue weighted by molar-refractivity contribution is -0.122. The van der Waals surface area contributed by atoms with Gasteiger partial charge in [0.25, 0.3) is 11.8 Å². The normalized spacial score (nSPS) is 29.3. The smallest absolute Gasteiger partial charge is 0.265 e. The number of hydrogen-bond acceptors (Lipinski definition) is 4. The Bertz CT molecular complexity index is 705. The zero-order chi connectivity index (χ0) is 17.6. The molecule has 3 heterocycles. The maximum Gasteiger partial charge on any atom is 0.265 e. The van der Waals surface area contributed by atoms with Gasteiger partial charge in [-0.05, 0) is 58.3 Å². The molecule has 0 radical (unpaired) electrons. The van der Waals surface area contributed by atoms with Crippen LogP contribution in [0.3, 0.4) is 0 Å². The molecule has 6 nitrogen and oxygen atoms in total. The highest BCUT2D eigenvalue weighted by molar-refractivity contribution is 6.04. The van der Waals surface area contributed by atoms with Crippen molar-refractivity contribution in [1.82, 2.24) is 9.80 Å². The first-order valence-electron chi connectivity index (χ1n) is 9.18. The van der Waals surface area contributed by atoms with Gasteiger partial charge in [0.05, 0.1) is 11.3 Å². The van der Waals surface area contributed by atoms with Crippen molar-refractivity contribution in [3.8, 4) is 5.75 Å². The van der Waals surface area contributed by atoms with Crippen molar-refractivity contribution in [3.63, 3.8) is 0 Å². The van der Waals surface area contributed by atoms with E-state index in [0.717, 1.165) is 32.4 Å². The lowest BCUT2D eigenvalue weighted by Gasteiger charge is -2.34. The van der Waals surface area contributed by atoms with Crippen molar-refractivity contribution < 1.29 is 14.3 Å². The Hall–Kier alpha value is -2.08. The Morgan fingerprint density at radius 2 is 1.96 bits per heavy atom. The predicted molar refractivity (Wildman–Crippen MR) is 94.9 cm³/mol. The second-order valence-electron chi connectivity index (χ2n) is 7.33. The Labute approximate surface area is 148 Å². The number of carbonyl (C=O) groups excluding carboxylic acids is 2. The fourth-order valence-corrected chi connectivity index (χ4v) is 4.42. The van der Waals surface area contributed by atoms with Crippen LogP contribution < -0.4 is 10.1 Å². The number of para-hydroxylation sites is 1. The van der Waals surface area contributed by atoms with Gasteiger partial charge in [0.15, 0.2) is 11.9 Å². The van der Waals surface area contributed by atoms with E-state index < -0.39 is 6.10 Å². The largest absolute Gasteiger partial charge is 0.478 e. The number of fused-ring (bicyclic) bond motifs is 1. The molecular weight excluding hydrogens is 318 g/mol. The second-order valence-corrected chi connectivity index (χ2v) is 7.33. The molecule has 3 aliphatic rings. The average molecular weight is 343 g/mol. The third-order valence-corrected chi connectivity index (χ3v) is 5.75. The van der Waals surface area contributed by atoms with Crippen LogP contribution in [-0.2, 0) is 4.79 Å². The van der Waals surface area contributed by atoms with Gasteiger partial charge in [0.1, 0.15) is 0 Å². The highest BCUT2D eigenvalue weighted by atomic mass is 16.5. The van der Waals surface area contributed by atoms with Crippen molar-refractivity contribution in [3.05, 3.63) is 23.8 Å². The van der Waals surface area contributed by atoms with Gasteiger partial charge in [0.2, 0.25) is 0 Å². The first-order valence-corrected chi connectivity index (χ1v) is 9.18. The lowest BCUT2D eigenvalue weighted by Crippen LogP contribution is -2.47. The van der Waals surface area contributed by atoms with Gasteiger partial charge in [-0.15, -0.1) is 0 Å². The van der Waals surface area contributed by atoms with E-state index in [-0.39, 0.29) is 17.9 Å². The summed E-state index contributed by atoms with van der Waals surface area (Å²) in [6.45, 7) is 3.60. The number of nitrogens with one attached hydrogen (secondary N) is 1. The number of ether oxygens (including phenoxy) is 1. The van der Waals surface area contributed by atoms with Crippen LogP contribution in [0.15, 0.2) is 18.2 Å². The Balaban J connectivity index is 1.63. The molecule has 1 aromatic carbocycles. The minimum atomic E-state index is -0.586. The number of likely N-dealkylation sites (tertiary alicyclic amines) is 2. The SMILES string of the molecule is CC1Oc2c(cccc2C(=O)N2CCCC2C2CCCN2C)NC1=O. The minimum absolute atomic E-state index is 0.0167. The monoisotopic (exact) mass is 343 g/mol. The molecule has 0 saturated carbocycles. The van der Waals surface area contributed by atoms with Gasteiger partial charge in [0, 0.05) is 18.6 Å². The maximum absolute atomic E-state index is 13.3. The van der Waals surface area contributed by atoms with Crippen molar-refractivity contribution in [2.45, 2.75) is 50.8 Å². The molecule has 3 atom stereocenters. The van der Waals surface area contributed by atoms with Crippen LogP contribution in [0.5, 0.6) is 5.75 Å². The van der Waals surface area contributed by atoms with Gasteiger partial charge >= 0.3 is 0 Å². The van der Waals surface area contributed by atoms with Gasteiger partial charge in [-0.3, -0.25) is 9.59 Å². The summed E-state index contributed by atoms with van der Waals surface area (Å²) in [6.07, 6.45) is 3.87. The molecule has 0 bridgehead atoms. The topological polar surface area (TPSA) is 61.9 Å². The van der Waals surface area contributed by atoms with Gasteiger partial charge in [-0.1, -0.05) is 6.07 Å². The molecular formula is C19H25N3O3. The fourth-order valence-electron chi connectivity index (χ4n) is 4.42. The number of amides is 2. The van der Waals surface area contributed by atoms with E-state index >= 15 is 0 Å². The number of carbonyl (C=O) groups is 2. The molecule has 0 spiro atoms. The van der Waals surface area contributed by atoms with E-state index in [4.69, 9.17) is 4.74 Å². The summed E-state index contributed by atoms with van der Waals surface area (Å²) < 4.78 is 5.77. The average Bonchev–Trinajstić information content (AvgIpc) is 3.23. The summed E-state index contributed by atoms with van der Waals surface area (Å²) in [5.41, 5.74) is 1.14. The Kier molecular flexibility index (Phi) is 4.15. The number of likely N-dealkylation sites (N-methyl/N-ethyl adjacent to an activating group) is 1. The molecule has 2 fully saturated rings. The minimum Gasteiger partial charge on any atom is -0.478 e. The van der Waals surface area contributed by atoms with E-state index in [1.54, 1.807) is 25.1 Å². The number of rotatable bonds is 2. The zero-order valence-corrected chi connectivity index (χ0v) is 14.8. The zero-order valence-electron chi connectivity index (χ0n) is 14.8. The van der Waals surface area contributed by atoms with Crippen LogP contribution in [0.25, 0.3) is 0 Å². The van der Waals surface area contributed by atoms with Crippen LogP contribution in [0.2, 0.25) is 0 Å². The first kappa shape index (κ1) is 16.4. The van der Waals surface area contributed by atoms with Crippen LogP contribution >= 0.6 is 0 Å². The summed E-state index contributed by atoms with van der Waals surface area (Å²) in [4.78, 5) is 29.5. The van der Waals surface area contributed by atoms with Crippen molar-refractivity contribution in [2.75, 3.05) is 25.5 Å². The van der Waals surface area contributed by atoms with E-state index in [1.807, 2.05) is 4.90 Å². The third kappa shape index (κ3) is 2.78. The molecule has 0 aliphatic carbocycles. The van der Waals surface area contributed by atoms with E-state index in [1.165, 1.54) is 6.42 Å². The van der Waals surface area contributed by atoms with Crippen molar-refractivity contribution in [1.29, 1.82) is 0 Å². The summed E-state index contributed by atoms with van der Waals surface area (Å²) in [6, 6.07) is 6.11. The molecule has 3 unspecified atom stereocenters. The van der Waals surface area contributed by atoms with Crippen LogP contribution in [-0.4, -0.2) is 59.9 Å². The Morgan fingerprint density at radius 3 is 2.72 bits per heavy atom. The standard InChI is InChI=1S/C19H25N3O3/c1-12-18(23)20-14-7-3-6-13(17(14)25-12)19(24)22-11-5-9-16(22)15-8-4-10-21(15)2/h3,6-7,12,15-16H,4-5,8-11H2,1-2H3,(H,20,23).